The molecule has 0 aliphatic heterocycles. The molecule has 1 heterocycles. The van der Waals surface area contributed by atoms with Crippen molar-refractivity contribution in [3.05, 3.63) is 18.2 Å². The Bertz CT molecular complexity index is 293. The summed E-state index contributed by atoms with van der Waals surface area (Å²) in [6, 6.07) is 0.725. The molecule has 1 aliphatic carbocycles. The van der Waals surface area contributed by atoms with E-state index in [1.165, 1.54) is 25.7 Å². The fourth-order valence-electron chi connectivity index (χ4n) is 2.43. The van der Waals surface area contributed by atoms with Crippen LogP contribution in [0.1, 0.15) is 45.4 Å². The number of nitrogens with zero attached hydrogens (tertiary/aromatic N) is 1. The summed E-state index contributed by atoms with van der Waals surface area (Å²) >= 11 is 0. The second-order valence-electron chi connectivity index (χ2n) is 5.68. The molecule has 1 aliphatic rings. The van der Waals surface area contributed by atoms with Gasteiger partial charge in [-0.3, -0.25) is 0 Å². The van der Waals surface area contributed by atoms with Crippen molar-refractivity contribution in [1.29, 1.82) is 0 Å². The van der Waals surface area contributed by atoms with Crippen LogP contribution in [0, 0.1) is 5.41 Å². The summed E-state index contributed by atoms with van der Waals surface area (Å²) in [5, 5.41) is 3.64. The summed E-state index contributed by atoms with van der Waals surface area (Å²) in [5.74, 6) is 1.09. The van der Waals surface area contributed by atoms with Crippen molar-refractivity contribution < 1.29 is 0 Å². The summed E-state index contributed by atoms with van der Waals surface area (Å²) < 4.78 is 0. The first-order valence-electron chi connectivity index (χ1n) is 6.37. The van der Waals surface area contributed by atoms with E-state index in [2.05, 4.69) is 29.1 Å². The molecule has 0 radical (unpaired) electrons. The molecule has 16 heavy (non-hydrogen) atoms. The molecular weight excluding hydrogens is 198 g/mol. The summed E-state index contributed by atoms with van der Waals surface area (Å²) in [6.45, 7) is 5.80. The minimum absolute atomic E-state index is 0.569. The maximum absolute atomic E-state index is 4.23. The van der Waals surface area contributed by atoms with Crippen LogP contribution in [0.15, 0.2) is 12.4 Å². The fourth-order valence-corrected chi connectivity index (χ4v) is 2.43. The molecule has 0 bridgehead atoms. The third-order valence-corrected chi connectivity index (χ3v) is 3.69. The zero-order valence-electron chi connectivity index (χ0n) is 10.4. The van der Waals surface area contributed by atoms with Crippen molar-refractivity contribution in [3.8, 4) is 0 Å². The average Bonchev–Trinajstić information content (AvgIpc) is 2.73. The molecule has 1 aromatic rings. The lowest BCUT2D eigenvalue weighted by atomic mass is 9.75. The molecule has 0 unspecified atom stereocenters. The van der Waals surface area contributed by atoms with E-state index in [0.717, 1.165) is 24.8 Å². The van der Waals surface area contributed by atoms with Crippen LogP contribution in [0.4, 0.5) is 0 Å². The maximum atomic E-state index is 4.23. The standard InChI is InChI=1S/C13H23N3/c1-13(2)6-3-11(4-7-13)14-8-5-12-15-9-10-16-12/h9-11,14H,3-8H2,1-2H3,(H,15,16). The van der Waals surface area contributed by atoms with E-state index in [4.69, 9.17) is 0 Å². The molecule has 3 nitrogen and oxygen atoms in total. The Hall–Kier alpha value is -0.830. The third kappa shape index (κ3) is 3.34. The Morgan fingerprint density at radius 3 is 2.81 bits per heavy atom. The van der Waals surface area contributed by atoms with Gasteiger partial charge in [-0.1, -0.05) is 13.8 Å². The maximum Gasteiger partial charge on any atom is 0.107 e. The lowest BCUT2D eigenvalue weighted by molar-refractivity contribution is 0.207. The number of hydrogen-bond donors (Lipinski definition) is 2. The van der Waals surface area contributed by atoms with Crippen molar-refractivity contribution in [2.75, 3.05) is 6.54 Å². The van der Waals surface area contributed by atoms with Gasteiger partial charge in [-0.15, -0.1) is 0 Å². The predicted molar refractivity (Wildman–Crippen MR) is 66.3 cm³/mol. The van der Waals surface area contributed by atoms with Crippen molar-refractivity contribution in [2.45, 2.75) is 52.0 Å². The van der Waals surface area contributed by atoms with Gasteiger partial charge in [0.15, 0.2) is 0 Å². The molecule has 2 N–H and O–H groups in total. The van der Waals surface area contributed by atoms with E-state index in [1.54, 1.807) is 0 Å². The summed E-state index contributed by atoms with van der Waals surface area (Å²) in [5.41, 5.74) is 0.569. The second kappa shape index (κ2) is 5.00. The molecule has 1 aromatic heterocycles. The smallest absolute Gasteiger partial charge is 0.107 e. The number of H-pyrrole nitrogens is 1. The largest absolute Gasteiger partial charge is 0.349 e. The molecule has 90 valence electrons. The van der Waals surface area contributed by atoms with Gasteiger partial charge in [0.1, 0.15) is 5.82 Å². The SMILES string of the molecule is CC1(C)CCC(NCCc2ncc[nH]2)CC1. The Kier molecular flexibility index (Phi) is 3.64. The molecule has 1 saturated carbocycles. The van der Waals surface area contributed by atoms with Gasteiger partial charge < -0.3 is 10.3 Å². The van der Waals surface area contributed by atoms with Crippen LogP contribution in [0.3, 0.4) is 0 Å². The van der Waals surface area contributed by atoms with Gasteiger partial charge in [0.25, 0.3) is 0 Å². The van der Waals surface area contributed by atoms with Crippen LogP contribution >= 0.6 is 0 Å². The molecule has 0 aromatic carbocycles. The molecular formula is C13H23N3. The van der Waals surface area contributed by atoms with Crippen molar-refractivity contribution in [2.24, 2.45) is 5.41 Å². The van der Waals surface area contributed by atoms with E-state index in [1.807, 2.05) is 12.4 Å². The van der Waals surface area contributed by atoms with Crippen LogP contribution < -0.4 is 5.32 Å². The number of aromatic nitrogens is 2. The number of nitrogens with one attached hydrogen (secondary N) is 2. The van der Waals surface area contributed by atoms with Crippen molar-refractivity contribution in [1.82, 2.24) is 15.3 Å². The van der Waals surface area contributed by atoms with E-state index in [9.17, 15) is 0 Å². The number of hydrogen-bond acceptors (Lipinski definition) is 2. The normalized spacial score (nSPS) is 21.1. The highest BCUT2D eigenvalue weighted by atomic mass is 14.9. The monoisotopic (exact) mass is 221 g/mol. The molecule has 1 fully saturated rings. The van der Waals surface area contributed by atoms with E-state index in [-0.39, 0.29) is 0 Å². The van der Waals surface area contributed by atoms with Gasteiger partial charge in [-0.05, 0) is 31.1 Å². The molecule has 0 spiro atoms. The van der Waals surface area contributed by atoms with E-state index in [0.29, 0.717) is 5.41 Å². The van der Waals surface area contributed by atoms with Gasteiger partial charge in [0, 0.05) is 31.4 Å². The van der Waals surface area contributed by atoms with Crippen molar-refractivity contribution in [3.63, 3.8) is 0 Å². The minimum atomic E-state index is 0.569. The molecule has 2 rings (SSSR count). The highest BCUT2D eigenvalue weighted by Crippen LogP contribution is 2.34. The summed E-state index contributed by atoms with van der Waals surface area (Å²) in [6.07, 6.45) is 10.1. The first-order valence-corrected chi connectivity index (χ1v) is 6.37. The van der Waals surface area contributed by atoms with Crippen LogP contribution in [0.2, 0.25) is 0 Å². The third-order valence-electron chi connectivity index (χ3n) is 3.69. The first kappa shape index (κ1) is 11.6. The van der Waals surface area contributed by atoms with E-state index >= 15 is 0 Å². The van der Waals surface area contributed by atoms with Crippen LogP contribution in [-0.4, -0.2) is 22.6 Å². The summed E-state index contributed by atoms with van der Waals surface area (Å²) in [4.78, 5) is 7.36. The van der Waals surface area contributed by atoms with Gasteiger partial charge in [-0.2, -0.15) is 0 Å². The first-order chi connectivity index (χ1) is 7.66. The predicted octanol–water partition coefficient (Wildman–Crippen LogP) is 2.51. The molecule has 0 amide bonds. The molecule has 0 atom stereocenters. The average molecular weight is 221 g/mol. The Labute approximate surface area is 98.1 Å². The van der Waals surface area contributed by atoms with E-state index < -0.39 is 0 Å². The zero-order valence-corrected chi connectivity index (χ0v) is 10.4. The Morgan fingerprint density at radius 2 is 2.19 bits per heavy atom. The van der Waals surface area contributed by atoms with Crippen molar-refractivity contribution >= 4 is 0 Å². The lowest BCUT2D eigenvalue weighted by Crippen LogP contribution is -2.36. The summed E-state index contributed by atoms with van der Waals surface area (Å²) in [7, 11) is 0. The van der Waals surface area contributed by atoms with Crippen LogP contribution in [0.25, 0.3) is 0 Å². The van der Waals surface area contributed by atoms with Gasteiger partial charge >= 0.3 is 0 Å². The zero-order chi connectivity index (χ0) is 11.4. The van der Waals surface area contributed by atoms with Crippen LogP contribution in [0.5, 0.6) is 0 Å². The quantitative estimate of drug-likeness (QED) is 0.820. The number of rotatable bonds is 4. The van der Waals surface area contributed by atoms with Gasteiger partial charge in [0.05, 0.1) is 0 Å². The fraction of sp³-hybridized carbons (Fsp3) is 0.769. The van der Waals surface area contributed by atoms with Crippen LogP contribution in [-0.2, 0) is 6.42 Å². The highest BCUT2D eigenvalue weighted by molar-refractivity contribution is 4.88. The number of aromatic amines is 1. The molecule has 0 saturated heterocycles. The molecule has 3 heteroatoms. The van der Waals surface area contributed by atoms with Gasteiger partial charge in [0.2, 0.25) is 0 Å². The topological polar surface area (TPSA) is 40.7 Å². The number of imidazole rings is 1. The minimum Gasteiger partial charge on any atom is -0.349 e. The highest BCUT2D eigenvalue weighted by Gasteiger charge is 2.26. The lowest BCUT2D eigenvalue weighted by Gasteiger charge is -2.34. The second-order valence-corrected chi connectivity index (χ2v) is 5.68. The Morgan fingerprint density at radius 1 is 1.44 bits per heavy atom. The van der Waals surface area contributed by atoms with Gasteiger partial charge in [-0.25, -0.2) is 4.98 Å². The Balaban J connectivity index is 1.64.